The molecule has 0 radical (unpaired) electrons. The summed E-state index contributed by atoms with van der Waals surface area (Å²) in [5.74, 6) is 0. The molecule has 0 saturated carbocycles. The Morgan fingerprint density at radius 1 is 0.714 bits per heavy atom. The van der Waals surface area contributed by atoms with E-state index in [1.807, 2.05) is 36.4 Å². The molecule has 3 N–H and O–H groups in total. The van der Waals surface area contributed by atoms with E-state index in [0.29, 0.717) is 0 Å². The summed E-state index contributed by atoms with van der Waals surface area (Å²) in [7, 11) is 0. The summed E-state index contributed by atoms with van der Waals surface area (Å²) in [6.07, 6.45) is 0. The summed E-state index contributed by atoms with van der Waals surface area (Å²) >= 11 is 0. The number of hydrogen-bond acceptors (Lipinski definition) is 2. The van der Waals surface area contributed by atoms with Crippen LogP contribution in [0.4, 0.5) is 17.1 Å². The molecule has 0 aliphatic carbocycles. The zero-order valence-electron chi connectivity index (χ0n) is 12.0. The van der Waals surface area contributed by atoms with Crippen molar-refractivity contribution in [1.82, 2.24) is 0 Å². The first-order chi connectivity index (χ1) is 10.2. The van der Waals surface area contributed by atoms with Crippen LogP contribution < -0.4 is 11.1 Å². The monoisotopic (exact) mass is 274 g/mol. The fourth-order valence-electron chi connectivity index (χ4n) is 2.29. The van der Waals surface area contributed by atoms with E-state index in [9.17, 15) is 0 Å². The smallest absolute Gasteiger partial charge is 0.0413 e. The Balaban J connectivity index is 1.81. The van der Waals surface area contributed by atoms with Gasteiger partial charge in [0.1, 0.15) is 0 Å². The molecule has 104 valence electrons. The molecule has 21 heavy (non-hydrogen) atoms. The van der Waals surface area contributed by atoms with Crippen LogP contribution in [0.15, 0.2) is 72.8 Å². The average molecular weight is 274 g/mol. The first-order valence-electron chi connectivity index (χ1n) is 7.01. The Labute approximate surface area is 125 Å². The number of nitrogens with one attached hydrogen (secondary N) is 1. The number of hydrogen-bond donors (Lipinski definition) is 2. The Morgan fingerprint density at radius 3 is 1.90 bits per heavy atom. The van der Waals surface area contributed by atoms with E-state index < -0.39 is 0 Å². The third-order valence-electron chi connectivity index (χ3n) is 3.55. The highest BCUT2D eigenvalue weighted by atomic mass is 14.9. The number of aryl methyl sites for hydroxylation is 1. The molecule has 0 heterocycles. The van der Waals surface area contributed by atoms with Crippen LogP contribution in [-0.2, 0) is 0 Å². The van der Waals surface area contributed by atoms with Crippen molar-refractivity contribution in [2.24, 2.45) is 0 Å². The Hall–Kier alpha value is -2.74. The first-order valence-corrected chi connectivity index (χ1v) is 7.01. The van der Waals surface area contributed by atoms with Crippen LogP contribution in [0.25, 0.3) is 11.1 Å². The quantitative estimate of drug-likeness (QED) is 0.660. The number of nitrogens with two attached hydrogens (primary N) is 1. The molecule has 0 amide bonds. The highest BCUT2D eigenvalue weighted by Crippen LogP contribution is 2.25. The van der Waals surface area contributed by atoms with Crippen molar-refractivity contribution >= 4 is 17.1 Å². The third kappa shape index (κ3) is 3.06. The van der Waals surface area contributed by atoms with Crippen LogP contribution in [0.3, 0.4) is 0 Å². The first kappa shape index (κ1) is 13.3. The molecule has 0 atom stereocenters. The zero-order valence-corrected chi connectivity index (χ0v) is 12.0. The van der Waals surface area contributed by atoms with Crippen molar-refractivity contribution in [3.05, 3.63) is 78.4 Å². The van der Waals surface area contributed by atoms with E-state index in [4.69, 9.17) is 5.73 Å². The van der Waals surface area contributed by atoms with Gasteiger partial charge in [0.2, 0.25) is 0 Å². The Kier molecular flexibility index (Phi) is 3.61. The molecule has 3 aromatic rings. The topological polar surface area (TPSA) is 38.0 Å². The van der Waals surface area contributed by atoms with Gasteiger partial charge in [-0.2, -0.15) is 0 Å². The van der Waals surface area contributed by atoms with Gasteiger partial charge in [-0.25, -0.2) is 0 Å². The second-order valence-corrected chi connectivity index (χ2v) is 5.14. The summed E-state index contributed by atoms with van der Waals surface area (Å²) in [6.45, 7) is 2.10. The molecular formula is C19H18N2. The maximum atomic E-state index is 5.72. The molecule has 3 aromatic carbocycles. The standard InChI is InChI=1S/C19H18N2/c1-14-4-2-3-5-19(14)21-18-12-8-16(9-13-18)15-6-10-17(20)11-7-15/h2-13,21H,20H2,1H3. The minimum absolute atomic E-state index is 0.789. The fourth-order valence-corrected chi connectivity index (χ4v) is 2.29. The van der Waals surface area contributed by atoms with Crippen LogP contribution in [0.1, 0.15) is 5.56 Å². The molecule has 2 nitrogen and oxygen atoms in total. The average Bonchev–Trinajstić information content (AvgIpc) is 2.51. The predicted octanol–water partition coefficient (Wildman–Crippen LogP) is 4.99. The van der Waals surface area contributed by atoms with Crippen molar-refractivity contribution in [2.75, 3.05) is 11.1 Å². The fraction of sp³-hybridized carbons (Fsp3) is 0.0526. The van der Waals surface area contributed by atoms with Crippen molar-refractivity contribution in [3.63, 3.8) is 0 Å². The molecule has 3 rings (SSSR count). The van der Waals surface area contributed by atoms with Crippen LogP contribution in [0.5, 0.6) is 0 Å². The van der Waals surface area contributed by atoms with Crippen LogP contribution in [-0.4, -0.2) is 0 Å². The molecule has 0 aliphatic rings. The number of benzene rings is 3. The minimum atomic E-state index is 0.789. The van der Waals surface area contributed by atoms with Gasteiger partial charge < -0.3 is 11.1 Å². The van der Waals surface area contributed by atoms with Gasteiger partial charge in [0.05, 0.1) is 0 Å². The van der Waals surface area contributed by atoms with Gasteiger partial charge in [0, 0.05) is 17.1 Å². The zero-order chi connectivity index (χ0) is 14.7. The largest absolute Gasteiger partial charge is 0.399 e. The van der Waals surface area contributed by atoms with Gasteiger partial charge >= 0.3 is 0 Å². The lowest BCUT2D eigenvalue weighted by molar-refractivity contribution is 1.43. The molecule has 0 saturated heterocycles. The number of para-hydroxylation sites is 1. The summed E-state index contributed by atoms with van der Waals surface area (Å²) in [6, 6.07) is 24.6. The number of anilines is 3. The SMILES string of the molecule is Cc1ccccc1Nc1ccc(-c2ccc(N)cc2)cc1. The molecule has 2 heteroatoms. The molecule has 0 aromatic heterocycles. The lowest BCUT2D eigenvalue weighted by atomic mass is 10.0. The van der Waals surface area contributed by atoms with Gasteiger partial charge in [-0.1, -0.05) is 42.5 Å². The van der Waals surface area contributed by atoms with Gasteiger partial charge in [-0.05, 0) is 53.9 Å². The van der Waals surface area contributed by atoms with Gasteiger partial charge in [-0.3, -0.25) is 0 Å². The Morgan fingerprint density at radius 2 is 1.29 bits per heavy atom. The number of nitrogen functional groups attached to an aromatic ring is 1. The summed E-state index contributed by atoms with van der Waals surface area (Å²) < 4.78 is 0. The van der Waals surface area contributed by atoms with E-state index in [2.05, 4.69) is 48.6 Å². The van der Waals surface area contributed by atoms with Crippen LogP contribution in [0, 0.1) is 6.92 Å². The predicted molar refractivity (Wildman–Crippen MR) is 90.8 cm³/mol. The van der Waals surface area contributed by atoms with E-state index >= 15 is 0 Å². The van der Waals surface area contributed by atoms with Crippen molar-refractivity contribution in [2.45, 2.75) is 6.92 Å². The maximum absolute atomic E-state index is 5.72. The highest BCUT2D eigenvalue weighted by Gasteiger charge is 2.00. The third-order valence-corrected chi connectivity index (χ3v) is 3.55. The molecule has 0 spiro atoms. The molecule has 0 aliphatic heterocycles. The summed E-state index contributed by atoms with van der Waals surface area (Å²) in [4.78, 5) is 0. The second kappa shape index (κ2) is 5.71. The van der Waals surface area contributed by atoms with Gasteiger partial charge in [-0.15, -0.1) is 0 Å². The highest BCUT2D eigenvalue weighted by molar-refractivity contribution is 5.70. The lowest BCUT2D eigenvalue weighted by Crippen LogP contribution is -1.92. The maximum Gasteiger partial charge on any atom is 0.0413 e. The lowest BCUT2D eigenvalue weighted by Gasteiger charge is -2.10. The molecule has 0 bridgehead atoms. The van der Waals surface area contributed by atoms with Crippen LogP contribution >= 0.6 is 0 Å². The van der Waals surface area contributed by atoms with E-state index in [1.54, 1.807) is 0 Å². The summed E-state index contributed by atoms with van der Waals surface area (Å²) in [5, 5.41) is 3.44. The van der Waals surface area contributed by atoms with E-state index in [-0.39, 0.29) is 0 Å². The second-order valence-electron chi connectivity index (χ2n) is 5.14. The minimum Gasteiger partial charge on any atom is -0.399 e. The number of rotatable bonds is 3. The summed E-state index contributed by atoms with van der Waals surface area (Å²) in [5.41, 5.74) is 12.3. The normalized spacial score (nSPS) is 10.3. The molecule has 0 fully saturated rings. The van der Waals surface area contributed by atoms with E-state index in [1.165, 1.54) is 16.7 Å². The Bertz CT molecular complexity index is 728. The van der Waals surface area contributed by atoms with Crippen molar-refractivity contribution in [3.8, 4) is 11.1 Å². The van der Waals surface area contributed by atoms with Gasteiger partial charge in [0.15, 0.2) is 0 Å². The van der Waals surface area contributed by atoms with Gasteiger partial charge in [0.25, 0.3) is 0 Å². The van der Waals surface area contributed by atoms with Crippen molar-refractivity contribution in [1.29, 1.82) is 0 Å². The molecular weight excluding hydrogens is 256 g/mol. The molecule has 0 unspecified atom stereocenters. The van der Waals surface area contributed by atoms with E-state index in [0.717, 1.165) is 17.1 Å². The van der Waals surface area contributed by atoms with Crippen molar-refractivity contribution < 1.29 is 0 Å². The van der Waals surface area contributed by atoms with Crippen LogP contribution in [0.2, 0.25) is 0 Å².